The molecule has 0 unspecified atom stereocenters. The third-order valence-electron chi connectivity index (χ3n) is 11.9. The van der Waals surface area contributed by atoms with Gasteiger partial charge in [-0.2, -0.15) is 0 Å². The van der Waals surface area contributed by atoms with Crippen molar-refractivity contribution in [1.29, 1.82) is 0 Å². The first kappa shape index (κ1) is 36.4. The summed E-state index contributed by atoms with van der Waals surface area (Å²) in [6, 6.07) is 71.6. The van der Waals surface area contributed by atoms with E-state index < -0.39 is 0 Å². The molecule has 0 aliphatic heterocycles. The number of para-hydroxylation sites is 2. The summed E-state index contributed by atoms with van der Waals surface area (Å²) in [7, 11) is 0. The molecule has 0 amide bonds. The first-order chi connectivity index (χ1) is 31.2. The average molecular weight is 808 g/mol. The molecule has 8 aromatic carbocycles. The Morgan fingerprint density at radius 3 is 1.59 bits per heavy atom. The van der Waals surface area contributed by atoms with E-state index in [2.05, 4.69) is 138 Å². The summed E-state index contributed by atoms with van der Waals surface area (Å²) in [5.74, 6) is 2.68. The summed E-state index contributed by atoms with van der Waals surface area (Å²) in [5, 5.41) is 4.44. The lowest BCUT2D eigenvalue weighted by molar-refractivity contribution is 0.669. The fourth-order valence-electron chi connectivity index (χ4n) is 9.07. The van der Waals surface area contributed by atoms with E-state index in [1.54, 1.807) is 0 Å². The molecule has 0 saturated carbocycles. The fraction of sp³-hybridized carbons (Fsp3) is 0.0175. The highest BCUT2D eigenvalue weighted by Crippen LogP contribution is 2.43. The Morgan fingerprint density at radius 1 is 0.397 bits per heavy atom. The van der Waals surface area contributed by atoms with Crippen LogP contribution in [0.5, 0.6) is 0 Å². The summed E-state index contributed by atoms with van der Waals surface area (Å²) in [5.41, 5.74) is 13.2. The molecule has 12 aromatic rings. The molecular weight excluding hydrogens is 771 g/mol. The summed E-state index contributed by atoms with van der Waals surface area (Å²) in [6.45, 7) is 0. The van der Waals surface area contributed by atoms with Crippen LogP contribution in [0.25, 0.3) is 106 Å². The van der Waals surface area contributed by atoms with Gasteiger partial charge in [0, 0.05) is 62.5 Å². The van der Waals surface area contributed by atoms with Gasteiger partial charge in [-0.15, -0.1) is 0 Å². The SMILES string of the molecule is c1ccc(-c2nc(Cc3cc(-c4c(-c5ccccc5)cccc4-c4ccccc4)cnc3-n3c4ccccc4c4cc5c(cc43)oc3ccccc35)nc(-c3ccccc3)n2)cc1. The van der Waals surface area contributed by atoms with Crippen LogP contribution in [-0.4, -0.2) is 24.5 Å². The van der Waals surface area contributed by atoms with Crippen molar-refractivity contribution in [3.05, 3.63) is 224 Å². The lowest BCUT2D eigenvalue weighted by Crippen LogP contribution is -2.08. The molecule has 0 saturated heterocycles. The zero-order valence-electron chi connectivity index (χ0n) is 34.1. The van der Waals surface area contributed by atoms with E-state index in [1.165, 1.54) is 0 Å². The zero-order chi connectivity index (χ0) is 41.7. The van der Waals surface area contributed by atoms with Crippen LogP contribution in [0, 0.1) is 0 Å². The first-order valence-corrected chi connectivity index (χ1v) is 21.2. The molecule has 0 atom stereocenters. The number of fused-ring (bicyclic) bond motifs is 6. The molecule has 6 nitrogen and oxygen atoms in total. The van der Waals surface area contributed by atoms with Crippen molar-refractivity contribution in [2.24, 2.45) is 0 Å². The van der Waals surface area contributed by atoms with E-state index in [9.17, 15) is 0 Å². The zero-order valence-corrected chi connectivity index (χ0v) is 34.1. The Bertz CT molecular complexity index is 3520. The van der Waals surface area contributed by atoms with Gasteiger partial charge in [-0.05, 0) is 52.1 Å². The van der Waals surface area contributed by atoms with Crippen LogP contribution in [0.15, 0.2) is 217 Å². The largest absolute Gasteiger partial charge is 0.456 e. The van der Waals surface area contributed by atoms with Crippen molar-refractivity contribution in [3.63, 3.8) is 0 Å². The molecule has 63 heavy (non-hydrogen) atoms. The van der Waals surface area contributed by atoms with Gasteiger partial charge in [0.25, 0.3) is 0 Å². The van der Waals surface area contributed by atoms with Crippen molar-refractivity contribution in [1.82, 2.24) is 24.5 Å². The summed E-state index contributed by atoms with van der Waals surface area (Å²) in [4.78, 5) is 20.9. The average Bonchev–Trinajstić information content (AvgIpc) is 3.88. The van der Waals surface area contributed by atoms with Crippen molar-refractivity contribution in [3.8, 4) is 62.0 Å². The number of benzene rings is 8. The minimum absolute atomic E-state index is 0.382. The first-order valence-electron chi connectivity index (χ1n) is 21.2. The second-order valence-electron chi connectivity index (χ2n) is 15.8. The number of hydrogen-bond acceptors (Lipinski definition) is 5. The smallest absolute Gasteiger partial charge is 0.163 e. The van der Waals surface area contributed by atoms with Crippen molar-refractivity contribution >= 4 is 43.7 Å². The molecule has 4 heterocycles. The Hall–Kier alpha value is -8.48. The molecule has 296 valence electrons. The molecular formula is C57H37N5O. The quantitative estimate of drug-likeness (QED) is 0.153. The standard InChI is InChI=1S/C57H37N5O/c1-5-18-37(19-6-1)43-28-17-29-44(38-20-7-2-8-21-38)54(43)42-32-41(33-53-59-55(39-22-9-3-10-23-39)61-56(60-53)40-24-11-4-12-25-40)57(58-36-42)62-49-30-15-13-26-45(49)47-34-48-46-27-14-16-31-51(46)63-52(48)35-50(47)62/h1-32,34-36H,33H2. The van der Waals surface area contributed by atoms with Crippen molar-refractivity contribution < 1.29 is 4.42 Å². The van der Waals surface area contributed by atoms with Gasteiger partial charge in [-0.1, -0.05) is 176 Å². The normalized spacial score (nSPS) is 11.6. The molecule has 0 bridgehead atoms. The minimum Gasteiger partial charge on any atom is -0.456 e. The number of aromatic nitrogens is 5. The van der Waals surface area contributed by atoms with Gasteiger partial charge in [0.1, 0.15) is 22.8 Å². The highest BCUT2D eigenvalue weighted by Gasteiger charge is 2.23. The van der Waals surface area contributed by atoms with E-state index >= 15 is 0 Å². The van der Waals surface area contributed by atoms with E-state index in [1.807, 2.05) is 79.0 Å². The highest BCUT2D eigenvalue weighted by atomic mass is 16.3. The molecule has 12 rings (SSSR count). The van der Waals surface area contributed by atoms with E-state index in [0.717, 1.165) is 99.6 Å². The minimum atomic E-state index is 0.382. The Morgan fingerprint density at radius 2 is 0.952 bits per heavy atom. The van der Waals surface area contributed by atoms with Crippen LogP contribution in [0.1, 0.15) is 11.4 Å². The molecule has 6 heteroatoms. The van der Waals surface area contributed by atoms with Crippen LogP contribution in [0.4, 0.5) is 0 Å². The van der Waals surface area contributed by atoms with Gasteiger partial charge in [0.2, 0.25) is 0 Å². The fourth-order valence-corrected chi connectivity index (χ4v) is 9.07. The summed E-state index contributed by atoms with van der Waals surface area (Å²) < 4.78 is 8.80. The van der Waals surface area contributed by atoms with Gasteiger partial charge in [-0.3, -0.25) is 4.57 Å². The van der Waals surface area contributed by atoms with Crippen LogP contribution in [-0.2, 0) is 6.42 Å². The van der Waals surface area contributed by atoms with E-state index in [4.69, 9.17) is 24.4 Å². The Kier molecular flexibility index (Phi) is 8.78. The third kappa shape index (κ3) is 6.44. The van der Waals surface area contributed by atoms with E-state index in [0.29, 0.717) is 23.9 Å². The van der Waals surface area contributed by atoms with Crippen LogP contribution < -0.4 is 0 Å². The van der Waals surface area contributed by atoms with Crippen LogP contribution in [0.2, 0.25) is 0 Å². The molecule has 0 N–H and O–H groups in total. The lowest BCUT2D eigenvalue weighted by atomic mass is 9.87. The molecule has 4 aromatic heterocycles. The van der Waals surface area contributed by atoms with E-state index in [-0.39, 0.29) is 0 Å². The molecule has 0 aliphatic rings. The summed E-state index contributed by atoms with van der Waals surface area (Å²) in [6.07, 6.45) is 2.42. The Labute approximate surface area is 363 Å². The predicted molar refractivity (Wildman–Crippen MR) is 256 cm³/mol. The maximum atomic E-state index is 6.51. The van der Waals surface area contributed by atoms with Crippen molar-refractivity contribution in [2.75, 3.05) is 0 Å². The third-order valence-corrected chi connectivity index (χ3v) is 11.9. The monoisotopic (exact) mass is 807 g/mol. The van der Waals surface area contributed by atoms with Gasteiger partial charge in [0.05, 0.1) is 11.0 Å². The maximum Gasteiger partial charge on any atom is 0.163 e. The van der Waals surface area contributed by atoms with Gasteiger partial charge in [-0.25, -0.2) is 19.9 Å². The lowest BCUT2D eigenvalue weighted by Gasteiger charge is -2.19. The second kappa shape index (κ2) is 15.2. The molecule has 0 radical (unpaired) electrons. The van der Waals surface area contributed by atoms with Gasteiger partial charge >= 0.3 is 0 Å². The number of rotatable bonds is 8. The summed E-state index contributed by atoms with van der Waals surface area (Å²) >= 11 is 0. The molecule has 0 fully saturated rings. The number of nitrogens with zero attached hydrogens (tertiary/aromatic N) is 5. The number of pyridine rings is 1. The maximum absolute atomic E-state index is 6.51. The van der Waals surface area contributed by atoms with Crippen LogP contribution in [0.3, 0.4) is 0 Å². The Balaban J connectivity index is 1.14. The molecule has 0 aliphatic carbocycles. The van der Waals surface area contributed by atoms with Crippen molar-refractivity contribution in [2.45, 2.75) is 6.42 Å². The molecule has 0 spiro atoms. The van der Waals surface area contributed by atoms with Crippen LogP contribution >= 0.6 is 0 Å². The van der Waals surface area contributed by atoms with Gasteiger partial charge in [0.15, 0.2) is 11.6 Å². The number of hydrogen-bond donors (Lipinski definition) is 0. The predicted octanol–water partition coefficient (Wildman–Crippen LogP) is 14.2. The second-order valence-corrected chi connectivity index (χ2v) is 15.8. The highest BCUT2D eigenvalue weighted by molar-refractivity contribution is 6.17. The topological polar surface area (TPSA) is 69.6 Å². The number of furan rings is 1. The van der Waals surface area contributed by atoms with Gasteiger partial charge < -0.3 is 4.42 Å².